The van der Waals surface area contributed by atoms with Gasteiger partial charge in [0.05, 0.1) is 42.3 Å². The lowest BCUT2D eigenvalue weighted by Crippen LogP contribution is -2.38. The summed E-state index contributed by atoms with van der Waals surface area (Å²) >= 11 is 0. The first-order valence-corrected chi connectivity index (χ1v) is 28.7. The fraction of sp³-hybridized carbons (Fsp3) is 0.917. The highest BCUT2D eigenvalue weighted by molar-refractivity contribution is 7.53. The second-order valence-corrected chi connectivity index (χ2v) is 23.2. The Bertz CT molecular complexity index is 1230. The quantitative estimate of drug-likeness (QED) is 0.0749. The SMILES string of the molecule is C[N+](C)(C)CCO[P+]([O-])(O)OC[C@H]1COC(=O)CCCCCCCCCCC(=O)OC[C@H](CO[P+]([O-])(O)OCC[N+](C)(C)C)OC(=O)CCCCCCCCCCCCCCCCCCC(=O)O1. The van der Waals surface area contributed by atoms with Gasteiger partial charge < -0.3 is 37.7 Å². The number of phosphoric acid groups is 2. The summed E-state index contributed by atoms with van der Waals surface area (Å²) in [5, 5.41) is 0. The Kier molecular flexibility index (Phi) is 36.0. The van der Waals surface area contributed by atoms with Gasteiger partial charge in [0.15, 0.2) is 12.2 Å². The molecule has 0 radical (unpaired) electrons. The molecule has 0 aromatic carbocycles. The topological polar surface area (TPSA) is 229 Å². The normalized spacial score (nSPS) is 23.4. The third-order valence-corrected chi connectivity index (χ3v) is 13.3. The molecule has 0 saturated carbocycles. The second-order valence-electron chi connectivity index (χ2n) is 20.3. The van der Waals surface area contributed by atoms with Crippen LogP contribution in [0.2, 0.25) is 0 Å². The zero-order valence-corrected chi connectivity index (χ0v) is 44.8. The fourth-order valence-electron chi connectivity index (χ4n) is 7.14. The van der Waals surface area contributed by atoms with Crippen molar-refractivity contribution in [2.45, 2.75) is 192 Å². The summed E-state index contributed by atoms with van der Waals surface area (Å²) in [7, 11) is 2.66. The molecule has 20 heteroatoms. The van der Waals surface area contributed by atoms with Gasteiger partial charge in [-0.15, -0.1) is 0 Å². The molecular weight excluding hydrogens is 922 g/mol. The third-order valence-electron chi connectivity index (χ3n) is 11.4. The van der Waals surface area contributed by atoms with E-state index in [1.807, 2.05) is 42.3 Å². The van der Waals surface area contributed by atoms with Crippen molar-refractivity contribution in [1.82, 2.24) is 0 Å². The van der Waals surface area contributed by atoms with Crippen LogP contribution >= 0.6 is 16.3 Å². The molecule has 1 heterocycles. The van der Waals surface area contributed by atoms with Gasteiger partial charge in [-0.1, -0.05) is 128 Å². The minimum Gasteiger partial charge on any atom is -0.606 e. The molecule has 1 aliphatic heterocycles. The van der Waals surface area contributed by atoms with Gasteiger partial charge in [-0.05, 0) is 25.7 Å². The maximum absolute atomic E-state index is 12.8. The number of phosphoric ester groups is 2. The lowest BCUT2D eigenvalue weighted by molar-refractivity contribution is -0.870. The molecule has 0 spiro atoms. The monoisotopic (exact) mass is 1020 g/mol. The molecule has 0 amide bonds. The number of likely N-dealkylation sites (N-methyl/N-ethyl adjacent to an activating group) is 2. The molecule has 0 aromatic heterocycles. The molecule has 2 unspecified atom stereocenters. The molecule has 1 saturated heterocycles. The average Bonchev–Trinajstić information content (AvgIpc) is 3.24. The van der Waals surface area contributed by atoms with Crippen LogP contribution in [0.5, 0.6) is 0 Å². The van der Waals surface area contributed by atoms with E-state index in [9.17, 15) is 38.8 Å². The number of nitrogens with zero attached hydrogens (tertiary/aromatic N) is 2. The van der Waals surface area contributed by atoms with Crippen LogP contribution in [-0.2, 0) is 56.2 Å². The van der Waals surface area contributed by atoms with Gasteiger partial charge >= 0.3 is 40.2 Å². The summed E-state index contributed by atoms with van der Waals surface area (Å²) in [5.74, 6) is -1.89. The molecule has 1 fully saturated rings. The number of hydrogen-bond acceptors (Lipinski definition) is 16. The Morgan fingerprint density at radius 2 is 0.662 bits per heavy atom. The lowest BCUT2D eigenvalue weighted by Gasteiger charge is -2.26. The van der Waals surface area contributed by atoms with Crippen LogP contribution in [0.25, 0.3) is 0 Å². The minimum atomic E-state index is -4.44. The molecule has 0 bridgehead atoms. The summed E-state index contributed by atoms with van der Waals surface area (Å²) in [6, 6.07) is 0. The largest absolute Gasteiger partial charge is 0.606 e. The van der Waals surface area contributed by atoms with Crippen molar-refractivity contribution in [3.8, 4) is 0 Å². The summed E-state index contributed by atoms with van der Waals surface area (Å²) in [5.41, 5.74) is 0. The van der Waals surface area contributed by atoms with E-state index in [0.717, 1.165) is 89.9 Å². The summed E-state index contributed by atoms with van der Waals surface area (Å²) < 4.78 is 43.5. The van der Waals surface area contributed by atoms with Crippen molar-refractivity contribution in [3.05, 3.63) is 0 Å². The number of carbonyl (C=O) groups is 4. The van der Waals surface area contributed by atoms with E-state index in [2.05, 4.69) is 0 Å². The van der Waals surface area contributed by atoms with Crippen LogP contribution in [0.3, 0.4) is 0 Å². The number of cyclic esters (lactones) is 4. The highest BCUT2D eigenvalue weighted by Crippen LogP contribution is 2.48. The van der Waals surface area contributed by atoms with Crippen LogP contribution < -0.4 is 9.79 Å². The number of hydrogen-bond donors (Lipinski definition) is 2. The van der Waals surface area contributed by atoms with Gasteiger partial charge in [-0.3, -0.25) is 19.2 Å². The van der Waals surface area contributed by atoms with Crippen molar-refractivity contribution < 1.29 is 84.8 Å². The van der Waals surface area contributed by atoms with Crippen LogP contribution in [-0.4, -0.2) is 150 Å². The minimum absolute atomic E-state index is 0.0108. The predicted molar refractivity (Wildman–Crippen MR) is 259 cm³/mol. The number of quaternary nitrogens is 2. The highest BCUT2D eigenvalue weighted by atomic mass is 31.2. The highest BCUT2D eigenvalue weighted by Gasteiger charge is 2.33. The Morgan fingerprint density at radius 3 is 0.912 bits per heavy atom. The Hall–Kier alpha value is -1.66. The molecule has 400 valence electrons. The van der Waals surface area contributed by atoms with Crippen LogP contribution in [0.15, 0.2) is 0 Å². The van der Waals surface area contributed by atoms with Crippen molar-refractivity contribution in [3.63, 3.8) is 0 Å². The average molecular weight is 1020 g/mol. The van der Waals surface area contributed by atoms with E-state index in [0.29, 0.717) is 47.7 Å². The summed E-state index contributed by atoms with van der Waals surface area (Å²) in [4.78, 5) is 96.3. The molecule has 0 aliphatic carbocycles. The standard InChI is InChI=1S/C48H92N2O16P2/c1-49(2,3)35-37-61-67(55,56)63-41-43-39-59-45(51)31-27-23-19-17-18-20-24-28-32-46(52)60-40-44(42-64-68(57,58)62-38-36-50(4,5)6)66-48(54)34-30-26-22-16-14-12-10-8-7-9-11-13-15-21-25-29-33-47(53)65-43/h43-44H,7-42H2,1-6H3/p+2/t43-,44-/m1/s1. The number of rotatable bonds is 14. The molecule has 0 aromatic rings. The Labute approximate surface area is 410 Å². The molecule has 1 rings (SSSR count). The molecule has 68 heavy (non-hydrogen) atoms. The maximum atomic E-state index is 12.8. The smallest absolute Gasteiger partial charge is 0.377 e. The number of ether oxygens (including phenoxy) is 4. The van der Waals surface area contributed by atoms with E-state index < -0.39 is 65.6 Å². The van der Waals surface area contributed by atoms with E-state index >= 15 is 0 Å². The van der Waals surface area contributed by atoms with E-state index in [1.165, 1.54) is 38.5 Å². The number of carbonyl (C=O) groups excluding carboxylic acids is 4. The van der Waals surface area contributed by atoms with Gasteiger partial charge in [0, 0.05) is 25.7 Å². The van der Waals surface area contributed by atoms with Crippen LogP contribution in [0.1, 0.15) is 180 Å². The van der Waals surface area contributed by atoms with Crippen molar-refractivity contribution >= 4 is 40.2 Å². The van der Waals surface area contributed by atoms with Crippen LogP contribution in [0, 0.1) is 0 Å². The first kappa shape index (κ1) is 64.4. The molecule has 4 atom stereocenters. The van der Waals surface area contributed by atoms with Crippen LogP contribution in [0.4, 0.5) is 0 Å². The molecule has 2 N–H and O–H groups in total. The zero-order valence-electron chi connectivity index (χ0n) is 43.0. The van der Waals surface area contributed by atoms with E-state index in [-0.39, 0.29) is 52.1 Å². The van der Waals surface area contributed by atoms with Crippen molar-refractivity contribution in [1.29, 1.82) is 0 Å². The van der Waals surface area contributed by atoms with Gasteiger partial charge in [-0.25, -0.2) is 0 Å². The van der Waals surface area contributed by atoms with Gasteiger partial charge in [0.2, 0.25) is 0 Å². The predicted octanol–water partition coefficient (Wildman–Crippen LogP) is 7.37. The second kappa shape index (κ2) is 38.0. The van der Waals surface area contributed by atoms with E-state index in [1.54, 1.807) is 0 Å². The summed E-state index contributed by atoms with van der Waals surface area (Å²) in [6.07, 6.45) is 22.0. The lowest BCUT2D eigenvalue weighted by atomic mass is 10.0. The maximum Gasteiger partial charge on any atom is 0.377 e. The van der Waals surface area contributed by atoms with Gasteiger partial charge in [0.1, 0.15) is 52.7 Å². The van der Waals surface area contributed by atoms with Crippen molar-refractivity contribution in [2.24, 2.45) is 0 Å². The molecule has 1 aliphatic rings. The van der Waals surface area contributed by atoms with Gasteiger partial charge in [-0.2, -0.15) is 27.9 Å². The Morgan fingerprint density at radius 1 is 0.426 bits per heavy atom. The fourth-order valence-corrected chi connectivity index (χ4v) is 8.62. The number of esters is 4. The van der Waals surface area contributed by atoms with Gasteiger partial charge in [0.25, 0.3) is 0 Å². The summed E-state index contributed by atoms with van der Waals surface area (Å²) in [6.45, 7) is -0.614. The molecular formula is C48H94N2O16P2+2. The molecule has 18 nitrogen and oxygen atoms in total. The zero-order chi connectivity index (χ0) is 50.6. The first-order chi connectivity index (χ1) is 32.1. The Balaban J connectivity index is 2.71. The first-order valence-electron chi connectivity index (χ1n) is 25.7. The van der Waals surface area contributed by atoms with E-state index in [4.69, 9.17) is 37.0 Å². The third kappa shape index (κ3) is 42.1. The van der Waals surface area contributed by atoms with Crippen molar-refractivity contribution in [2.75, 3.05) is 95.0 Å².